The number of primary amides is 1. The summed E-state index contributed by atoms with van der Waals surface area (Å²) in [4.78, 5) is 25.9. The molecule has 2 heterocycles. The number of carbonyl (C=O) groups is 1. The van der Waals surface area contributed by atoms with Crippen LogP contribution in [0.4, 0.5) is 22.0 Å². The molecule has 0 radical (unpaired) electrons. The van der Waals surface area contributed by atoms with Crippen molar-refractivity contribution in [3.05, 3.63) is 34.2 Å². The SMILES string of the molecule is C[C@]1(C(N)=O)CC[C@H](n2c(Nc3c(Cl)cc(F)cc3Cl)nc3cnc(NC4CCC4)nc32)CC1. The zero-order valence-corrected chi connectivity index (χ0v) is 20.3. The first kappa shape index (κ1) is 23.1. The number of nitrogens with zero attached hydrogens (tertiary/aromatic N) is 4. The number of hydrogen-bond acceptors (Lipinski definition) is 6. The lowest BCUT2D eigenvalue weighted by Gasteiger charge is -2.35. The molecule has 2 aromatic heterocycles. The second kappa shape index (κ2) is 8.85. The molecule has 2 aliphatic carbocycles. The number of amides is 1. The quantitative estimate of drug-likeness (QED) is 0.402. The molecule has 180 valence electrons. The molecule has 4 N–H and O–H groups in total. The summed E-state index contributed by atoms with van der Waals surface area (Å²) in [5.41, 5.74) is 6.77. The molecule has 11 heteroatoms. The molecule has 3 aromatic rings. The molecule has 2 fully saturated rings. The molecule has 2 aliphatic rings. The number of carbonyl (C=O) groups excluding carboxylic acids is 1. The maximum Gasteiger partial charge on any atom is 0.224 e. The highest BCUT2D eigenvalue weighted by Gasteiger charge is 2.37. The third kappa shape index (κ3) is 4.27. The van der Waals surface area contributed by atoms with Crippen LogP contribution in [0.25, 0.3) is 11.2 Å². The number of aromatic nitrogens is 4. The van der Waals surface area contributed by atoms with Crippen molar-refractivity contribution in [2.45, 2.75) is 64.0 Å². The molecule has 0 unspecified atom stereocenters. The lowest BCUT2D eigenvalue weighted by molar-refractivity contribution is -0.128. The van der Waals surface area contributed by atoms with E-state index in [2.05, 4.69) is 15.6 Å². The number of imidazole rings is 1. The van der Waals surface area contributed by atoms with Crippen LogP contribution < -0.4 is 16.4 Å². The van der Waals surface area contributed by atoms with Gasteiger partial charge < -0.3 is 16.4 Å². The van der Waals surface area contributed by atoms with Crippen LogP contribution in [0, 0.1) is 11.2 Å². The van der Waals surface area contributed by atoms with Gasteiger partial charge in [-0.3, -0.25) is 9.36 Å². The molecule has 0 spiro atoms. The molecule has 0 saturated heterocycles. The maximum atomic E-state index is 13.7. The van der Waals surface area contributed by atoms with Gasteiger partial charge in [0.05, 0.1) is 21.9 Å². The smallest absolute Gasteiger partial charge is 0.224 e. The fourth-order valence-electron chi connectivity index (χ4n) is 4.65. The third-order valence-corrected chi connectivity index (χ3v) is 7.73. The Hall–Kier alpha value is -2.65. The fourth-order valence-corrected chi connectivity index (χ4v) is 5.20. The van der Waals surface area contributed by atoms with Gasteiger partial charge in [-0.15, -0.1) is 0 Å². The first-order valence-electron chi connectivity index (χ1n) is 11.5. The topological polar surface area (TPSA) is 111 Å². The van der Waals surface area contributed by atoms with Crippen molar-refractivity contribution >= 4 is 57.9 Å². The van der Waals surface area contributed by atoms with Gasteiger partial charge in [-0.05, 0) is 57.1 Å². The van der Waals surface area contributed by atoms with Gasteiger partial charge in [-0.2, -0.15) is 4.98 Å². The van der Waals surface area contributed by atoms with E-state index in [1.54, 1.807) is 6.20 Å². The lowest BCUT2D eigenvalue weighted by atomic mass is 9.73. The van der Waals surface area contributed by atoms with E-state index >= 15 is 0 Å². The molecule has 2 saturated carbocycles. The van der Waals surface area contributed by atoms with Crippen molar-refractivity contribution in [3.63, 3.8) is 0 Å². The molecule has 34 heavy (non-hydrogen) atoms. The Morgan fingerprint density at radius 3 is 2.44 bits per heavy atom. The number of rotatable bonds is 6. The monoisotopic (exact) mass is 505 g/mol. The largest absolute Gasteiger partial charge is 0.369 e. The van der Waals surface area contributed by atoms with Crippen LogP contribution in [0.1, 0.15) is 57.9 Å². The summed E-state index contributed by atoms with van der Waals surface area (Å²) in [6.07, 6.45) is 7.85. The number of halogens is 3. The summed E-state index contributed by atoms with van der Waals surface area (Å²) >= 11 is 12.6. The summed E-state index contributed by atoms with van der Waals surface area (Å²) in [6, 6.07) is 2.79. The van der Waals surface area contributed by atoms with Crippen molar-refractivity contribution in [2.75, 3.05) is 10.6 Å². The molecular formula is C23H26Cl2FN7O. The highest BCUT2D eigenvalue weighted by Crippen LogP contribution is 2.43. The molecule has 1 aromatic carbocycles. The van der Waals surface area contributed by atoms with Crippen LogP contribution in [0.3, 0.4) is 0 Å². The Bertz CT molecular complexity index is 1230. The van der Waals surface area contributed by atoms with Crippen molar-refractivity contribution in [2.24, 2.45) is 11.1 Å². The Morgan fingerprint density at radius 1 is 1.18 bits per heavy atom. The van der Waals surface area contributed by atoms with E-state index in [0.29, 0.717) is 47.6 Å². The highest BCUT2D eigenvalue weighted by molar-refractivity contribution is 6.39. The van der Waals surface area contributed by atoms with Crippen LogP contribution in [0.2, 0.25) is 10.0 Å². The average Bonchev–Trinajstić information content (AvgIpc) is 3.11. The standard InChI is InChI=1S/C23H26Cl2FN7O/c1-23(20(27)34)7-5-14(6-8-23)33-19-17(11-28-21(32-19)29-13-3-2-4-13)30-22(33)31-18-15(24)9-12(26)10-16(18)25/h9-11,13-14H,2-8H2,1H3,(H2,27,34)(H,30,31)(H,28,29,32)/t14-,23-. The summed E-state index contributed by atoms with van der Waals surface area (Å²) in [5, 5.41) is 6.86. The summed E-state index contributed by atoms with van der Waals surface area (Å²) in [7, 11) is 0. The van der Waals surface area contributed by atoms with E-state index in [1.165, 1.54) is 18.6 Å². The second-order valence-corrected chi connectivity index (χ2v) is 10.3. The number of hydrogen-bond donors (Lipinski definition) is 3. The number of nitrogens with two attached hydrogens (primary N) is 1. The van der Waals surface area contributed by atoms with E-state index in [9.17, 15) is 9.18 Å². The molecule has 5 rings (SSSR count). The van der Waals surface area contributed by atoms with E-state index in [1.807, 2.05) is 11.5 Å². The normalized spacial score (nSPS) is 23.0. The molecule has 0 aliphatic heterocycles. The first-order chi connectivity index (χ1) is 16.2. The molecular weight excluding hydrogens is 480 g/mol. The molecule has 1 amide bonds. The van der Waals surface area contributed by atoms with Crippen molar-refractivity contribution in [1.82, 2.24) is 19.5 Å². The maximum absolute atomic E-state index is 13.7. The minimum atomic E-state index is -0.532. The van der Waals surface area contributed by atoms with Crippen LogP contribution in [-0.2, 0) is 4.79 Å². The predicted octanol–water partition coefficient (Wildman–Crippen LogP) is 5.59. The van der Waals surface area contributed by atoms with Gasteiger partial charge in [0.2, 0.25) is 17.8 Å². The molecule has 0 atom stereocenters. The minimum Gasteiger partial charge on any atom is -0.369 e. The van der Waals surface area contributed by atoms with Gasteiger partial charge in [0.1, 0.15) is 11.3 Å². The molecule has 0 bridgehead atoms. The van der Waals surface area contributed by atoms with Crippen LogP contribution in [0.15, 0.2) is 18.3 Å². The third-order valence-electron chi connectivity index (χ3n) is 7.13. The summed E-state index contributed by atoms with van der Waals surface area (Å²) < 4.78 is 15.7. The Labute approximate surface area is 206 Å². The number of fused-ring (bicyclic) bond motifs is 1. The van der Waals surface area contributed by atoms with Gasteiger partial charge in [0.15, 0.2) is 5.65 Å². The predicted molar refractivity (Wildman–Crippen MR) is 131 cm³/mol. The zero-order chi connectivity index (χ0) is 24.0. The van der Waals surface area contributed by atoms with E-state index < -0.39 is 11.2 Å². The van der Waals surface area contributed by atoms with Crippen LogP contribution >= 0.6 is 23.2 Å². The number of benzene rings is 1. The second-order valence-electron chi connectivity index (χ2n) is 9.51. The van der Waals surface area contributed by atoms with Crippen LogP contribution in [-0.4, -0.2) is 31.5 Å². The van der Waals surface area contributed by atoms with Gasteiger partial charge in [0.25, 0.3) is 0 Å². The van der Waals surface area contributed by atoms with Crippen molar-refractivity contribution in [3.8, 4) is 0 Å². The Balaban J connectivity index is 1.55. The van der Waals surface area contributed by atoms with Crippen LogP contribution in [0.5, 0.6) is 0 Å². The lowest BCUT2D eigenvalue weighted by Crippen LogP contribution is -2.38. The van der Waals surface area contributed by atoms with Gasteiger partial charge in [-0.25, -0.2) is 14.4 Å². The van der Waals surface area contributed by atoms with Gasteiger partial charge in [-0.1, -0.05) is 30.1 Å². The van der Waals surface area contributed by atoms with Gasteiger partial charge >= 0.3 is 0 Å². The summed E-state index contributed by atoms with van der Waals surface area (Å²) in [5.74, 6) is 0.234. The average molecular weight is 506 g/mol. The van der Waals surface area contributed by atoms with E-state index in [0.717, 1.165) is 25.7 Å². The van der Waals surface area contributed by atoms with E-state index in [-0.39, 0.29) is 22.0 Å². The first-order valence-corrected chi connectivity index (χ1v) is 12.2. The Kier molecular flexibility index (Phi) is 6.02. The van der Waals surface area contributed by atoms with Crippen molar-refractivity contribution < 1.29 is 9.18 Å². The van der Waals surface area contributed by atoms with E-state index in [4.69, 9.17) is 38.9 Å². The number of anilines is 3. The van der Waals surface area contributed by atoms with Crippen molar-refractivity contribution in [1.29, 1.82) is 0 Å². The minimum absolute atomic E-state index is 0.0179. The highest BCUT2D eigenvalue weighted by atomic mass is 35.5. The van der Waals surface area contributed by atoms with Gasteiger partial charge in [0, 0.05) is 17.5 Å². The fraction of sp³-hybridized carbons (Fsp3) is 0.478. The Morgan fingerprint density at radius 2 is 1.85 bits per heavy atom. The zero-order valence-electron chi connectivity index (χ0n) is 18.7. The molecule has 8 nitrogen and oxygen atoms in total. The summed E-state index contributed by atoms with van der Waals surface area (Å²) in [6.45, 7) is 1.91. The number of nitrogens with one attached hydrogen (secondary N) is 2.